The van der Waals surface area contributed by atoms with E-state index in [1.54, 1.807) is 0 Å². The van der Waals surface area contributed by atoms with Gasteiger partial charge in [0, 0.05) is 0 Å². The van der Waals surface area contributed by atoms with Crippen molar-refractivity contribution in [2.24, 2.45) is 5.92 Å². The van der Waals surface area contributed by atoms with Crippen LogP contribution >= 0.6 is 12.0 Å². The van der Waals surface area contributed by atoms with Crippen LogP contribution in [0.4, 0.5) is 17.6 Å². The summed E-state index contributed by atoms with van der Waals surface area (Å²) in [7, 11) is 0. The van der Waals surface area contributed by atoms with Crippen LogP contribution in [0.1, 0.15) is 90.9 Å². The van der Waals surface area contributed by atoms with Crippen molar-refractivity contribution in [3.63, 3.8) is 0 Å². The summed E-state index contributed by atoms with van der Waals surface area (Å²) in [5.41, 5.74) is 0. The lowest BCUT2D eigenvalue weighted by Crippen LogP contribution is -2.15. The summed E-state index contributed by atoms with van der Waals surface area (Å²) in [5, 5.41) is 11.6. The Balaban J connectivity index is 2.81. The second-order valence-corrected chi connectivity index (χ2v) is 8.43. The Hall–Kier alpha value is -1.03. The van der Waals surface area contributed by atoms with E-state index in [4.69, 9.17) is 9.99 Å². The van der Waals surface area contributed by atoms with Gasteiger partial charge in [0.2, 0.25) is 11.6 Å². The first-order chi connectivity index (χ1) is 15.0. The van der Waals surface area contributed by atoms with Gasteiger partial charge in [0.15, 0.2) is 17.4 Å². The molecule has 0 aromatic heterocycles. The van der Waals surface area contributed by atoms with E-state index in [0.717, 1.165) is 57.8 Å². The van der Waals surface area contributed by atoms with Gasteiger partial charge in [0.05, 0.1) is 18.6 Å². The zero-order chi connectivity index (χ0) is 23.1. The first kappa shape index (κ1) is 28.0. The van der Waals surface area contributed by atoms with Gasteiger partial charge in [-0.2, -0.15) is 4.39 Å². The van der Waals surface area contributed by atoms with Gasteiger partial charge in [-0.05, 0) is 18.8 Å². The van der Waals surface area contributed by atoms with E-state index < -0.39 is 33.9 Å². The molecule has 9 heteroatoms. The molecule has 31 heavy (non-hydrogen) atoms. The predicted molar refractivity (Wildman–Crippen MR) is 113 cm³/mol. The van der Waals surface area contributed by atoms with E-state index in [1.807, 2.05) is 0 Å². The van der Waals surface area contributed by atoms with Gasteiger partial charge in [0.25, 0.3) is 0 Å². The maximum atomic E-state index is 14.3. The third-order valence-electron chi connectivity index (χ3n) is 5.23. The minimum absolute atomic E-state index is 0.00301. The van der Waals surface area contributed by atoms with Crippen molar-refractivity contribution < 1.29 is 36.9 Å². The van der Waals surface area contributed by atoms with Gasteiger partial charge in [-0.15, -0.1) is 4.33 Å². The zero-order valence-electron chi connectivity index (χ0n) is 18.4. The average molecular weight is 471 g/mol. The lowest BCUT2D eigenvalue weighted by Gasteiger charge is -2.20. The number of halogens is 4. The molecule has 1 atom stereocenters. The van der Waals surface area contributed by atoms with Crippen molar-refractivity contribution in [2.75, 3.05) is 6.61 Å². The molecule has 180 valence electrons. The standard InChI is InChI=1S/C22H34F4O4S/c1-3-5-7-9-10-12-14-16(13-11-8-6-4-2)15-28-21-19(25)17(23)18(24)20(26)22(21)31-30-29-27/h16,27H,3-15H2,1-2H3. The third kappa shape index (κ3) is 9.97. The van der Waals surface area contributed by atoms with Crippen molar-refractivity contribution >= 4 is 12.0 Å². The first-order valence-corrected chi connectivity index (χ1v) is 11.8. The van der Waals surface area contributed by atoms with Crippen LogP contribution in [0.25, 0.3) is 0 Å². The van der Waals surface area contributed by atoms with Crippen molar-refractivity contribution in [1.82, 2.24) is 0 Å². The van der Waals surface area contributed by atoms with Crippen LogP contribution in [0.5, 0.6) is 5.75 Å². The SMILES string of the molecule is CCCCCCCCC(CCCCCC)COc1c(F)c(F)c(F)c(F)c1SOOO. The van der Waals surface area contributed by atoms with Gasteiger partial charge in [-0.3, -0.25) is 0 Å². The molecule has 1 aromatic rings. The third-order valence-corrected chi connectivity index (χ3v) is 5.89. The van der Waals surface area contributed by atoms with E-state index >= 15 is 0 Å². The molecular weight excluding hydrogens is 436 g/mol. The molecular formula is C22H34F4O4S. The normalized spacial score (nSPS) is 12.4. The average Bonchev–Trinajstić information content (AvgIpc) is 2.77. The maximum absolute atomic E-state index is 14.3. The van der Waals surface area contributed by atoms with Gasteiger partial charge in [-0.25, -0.2) is 18.4 Å². The lowest BCUT2D eigenvalue weighted by molar-refractivity contribution is -0.432. The maximum Gasteiger partial charge on any atom is 0.205 e. The fourth-order valence-corrected chi connectivity index (χ4v) is 3.91. The van der Waals surface area contributed by atoms with E-state index in [0.29, 0.717) is 0 Å². The lowest BCUT2D eigenvalue weighted by atomic mass is 9.95. The van der Waals surface area contributed by atoms with Gasteiger partial charge in [0.1, 0.15) is 4.90 Å². The molecule has 0 aliphatic rings. The molecule has 0 aliphatic heterocycles. The smallest absolute Gasteiger partial charge is 0.205 e. The number of hydrogen-bond donors (Lipinski definition) is 1. The molecule has 0 heterocycles. The van der Waals surface area contributed by atoms with Crippen molar-refractivity contribution in [1.29, 1.82) is 0 Å². The van der Waals surface area contributed by atoms with Gasteiger partial charge < -0.3 is 4.74 Å². The van der Waals surface area contributed by atoms with Gasteiger partial charge in [-0.1, -0.05) is 83.1 Å². The second kappa shape index (κ2) is 16.6. The molecule has 1 aromatic carbocycles. The Morgan fingerprint density at radius 1 is 0.742 bits per heavy atom. The topological polar surface area (TPSA) is 47.9 Å². The molecule has 0 aliphatic carbocycles. The molecule has 0 bridgehead atoms. The molecule has 0 saturated carbocycles. The number of unbranched alkanes of at least 4 members (excludes halogenated alkanes) is 8. The monoisotopic (exact) mass is 470 g/mol. The Labute approximate surface area is 186 Å². The number of benzene rings is 1. The minimum Gasteiger partial charge on any atom is -0.489 e. The summed E-state index contributed by atoms with van der Waals surface area (Å²) < 4.78 is 65.2. The summed E-state index contributed by atoms with van der Waals surface area (Å²) in [4.78, 5) is -0.769. The summed E-state index contributed by atoms with van der Waals surface area (Å²) in [5.74, 6) is -7.99. The van der Waals surface area contributed by atoms with Crippen LogP contribution in [0.3, 0.4) is 0 Å². The van der Waals surface area contributed by atoms with Crippen LogP contribution in [0, 0.1) is 29.2 Å². The van der Waals surface area contributed by atoms with Crippen LogP contribution < -0.4 is 4.74 Å². The molecule has 1 N–H and O–H groups in total. The van der Waals surface area contributed by atoms with E-state index in [-0.39, 0.29) is 24.6 Å². The minimum atomic E-state index is -1.99. The second-order valence-electron chi connectivity index (χ2n) is 7.72. The highest BCUT2D eigenvalue weighted by Gasteiger charge is 2.28. The largest absolute Gasteiger partial charge is 0.489 e. The van der Waals surface area contributed by atoms with Crippen LogP contribution in [-0.2, 0) is 9.37 Å². The van der Waals surface area contributed by atoms with Crippen LogP contribution in [0.15, 0.2) is 4.90 Å². The quantitative estimate of drug-likeness (QED) is 0.0444. The fourth-order valence-electron chi connectivity index (χ4n) is 3.43. The predicted octanol–water partition coefficient (Wildman–Crippen LogP) is 8.39. The Morgan fingerprint density at radius 3 is 1.84 bits per heavy atom. The van der Waals surface area contributed by atoms with Crippen molar-refractivity contribution in [2.45, 2.75) is 95.8 Å². The molecule has 0 amide bonds. The Kier molecular flexibility index (Phi) is 15.0. The van der Waals surface area contributed by atoms with E-state index in [1.165, 1.54) is 19.3 Å². The van der Waals surface area contributed by atoms with E-state index in [9.17, 15) is 17.6 Å². The number of hydrogen-bond acceptors (Lipinski definition) is 5. The molecule has 0 spiro atoms. The highest BCUT2D eigenvalue weighted by molar-refractivity contribution is 7.94. The summed E-state index contributed by atoms with van der Waals surface area (Å²) in [6, 6.07) is 0. The molecule has 0 fully saturated rings. The van der Waals surface area contributed by atoms with Crippen molar-refractivity contribution in [3.05, 3.63) is 23.3 Å². The number of rotatable bonds is 18. The molecule has 1 unspecified atom stereocenters. The zero-order valence-corrected chi connectivity index (χ0v) is 19.2. The highest BCUT2D eigenvalue weighted by Crippen LogP contribution is 2.38. The summed E-state index contributed by atoms with van der Waals surface area (Å²) in [6.45, 7) is 4.32. The van der Waals surface area contributed by atoms with E-state index in [2.05, 4.69) is 23.2 Å². The van der Waals surface area contributed by atoms with Gasteiger partial charge >= 0.3 is 0 Å². The molecule has 0 saturated heterocycles. The highest BCUT2D eigenvalue weighted by atomic mass is 32.2. The Morgan fingerprint density at radius 2 is 1.26 bits per heavy atom. The van der Waals surface area contributed by atoms with Crippen LogP contribution in [0.2, 0.25) is 0 Å². The van der Waals surface area contributed by atoms with Crippen LogP contribution in [-0.4, -0.2) is 11.9 Å². The number of ether oxygens (including phenoxy) is 1. The summed E-state index contributed by atoms with van der Waals surface area (Å²) >= 11 is -0.00301. The summed E-state index contributed by atoms with van der Waals surface area (Å²) in [6.07, 6.45) is 12.8. The Bertz CT molecular complexity index is 634. The van der Waals surface area contributed by atoms with Crippen molar-refractivity contribution in [3.8, 4) is 5.75 Å². The molecule has 4 nitrogen and oxygen atoms in total. The fraction of sp³-hybridized carbons (Fsp3) is 0.727. The molecule has 0 radical (unpaired) electrons. The first-order valence-electron chi connectivity index (χ1n) is 11.1. The molecule has 1 rings (SSSR count).